The van der Waals surface area contributed by atoms with Crippen molar-refractivity contribution >= 4 is 17.3 Å². The van der Waals surface area contributed by atoms with Gasteiger partial charge in [-0.05, 0) is 6.07 Å². The molecule has 1 aromatic rings. The molecule has 0 aliphatic rings. The van der Waals surface area contributed by atoms with Gasteiger partial charge in [0.15, 0.2) is 0 Å². The molecule has 0 amide bonds. The van der Waals surface area contributed by atoms with E-state index < -0.39 is 5.92 Å². The van der Waals surface area contributed by atoms with Crippen LogP contribution in [0, 0.1) is 11.3 Å². The molecule has 4 nitrogen and oxygen atoms in total. The van der Waals surface area contributed by atoms with Gasteiger partial charge in [-0.25, -0.2) is 0 Å². The van der Waals surface area contributed by atoms with Crippen molar-refractivity contribution in [2.75, 3.05) is 13.7 Å². The molecule has 74 valence electrons. The average Bonchev–Trinajstić information content (AvgIpc) is 2.67. The Balaban J connectivity index is 2.90. The highest BCUT2D eigenvalue weighted by Gasteiger charge is 2.21. The zero-order chi connectivity index (χ0) is 10.6. The Kier molecular flexibility index (Phi) is 3.63. The van der Waals surface area contributed by atoms with E-state index in [4.69, 9.17) is 11.0 Å². The second kappa shape index (κ2) is 4.74. The summed E-state index contributed by atoms with van der Waals surface area (Å²) in [4.78, 5) is 12.0. The number of carbonyl (C=O) groups excluding carboxylic acids is 1. The van der Waals surface area contributed by atoms with Gasteiger partial charge in [0.1, 0.15) is 12.0 Å². The number of thiophene rings is 1. The lowest BCUT2D eigenvalue weighted by molar-refractivity contribution is -0.142. The van der Waals surface area contributed by atoms with Gasteiger partial charge in [0.2, 0.25) is 0 Å². The van der Waals surface area contributed by atoms with Gasteiger partial charge >= 0.3 is 5.97 Å². The summed E-state index contributed by atoms with van der Waals surface area (Å²) in [6.07, 6.45) is 0. The number of hydrogen-bond acceptors (Lipinski definition) is 5. The zero-order valence-electron chi connectivity index (χ0n) is 7.69. The first-order chi connectivity index (χ1) is 6.72. The Morgan fingerprint density at radius 3 is 3.00 bits per heavy atom. The van der Waals surface area contributed by atoms with E-state index in [-0.39, 0.29) is 12.5 Å². The lowest BCUT2D eigenvalue weighted by Crippen LogP contribution is -2.21. The molecular weight excluding hydrogens is 200 g/mol. The number of rotatable bonds is 3. The molecule has 0 radical (unpaired) electrons. The van der Waals surface area contributed by atoms with E-state index in [0.29, 0.717) is 5.56 Å². The third-order valence-electron chi connectivity index (χ3n) is 1.81. The Morgan fingerprint density at radius 1 is 1.86 bits per heavy atom. The molecule has 2 N–H and O–H groups in total. The van der Waals surface area contributed by atoms with Crippen molar-refractivity contribution in [3.05, 3.63) is 21.9 Å². The predicted molar refractivity (Wildman–Crippen MR) is 52.8 cm³/mol. The smallest absolute Gasteiger partial charge is 0.315 e. The molecule has 0 aromatic carbocycles. The molecule has 0 saturated heterocycles. The summed E-state index contributed by atoms with van der Waals surface area (Å²) >= 11 is 1.35. The van der Waals surface area contributed by atoms with E-state index in [0.717, 1.165) is 4.88 Å². The van der Waals surface area contributed by atoms with Gasteiger partial charge in [-0.15, -0.1) is 11.3 Å². The van der Waals surface area contributed by atoms with E-state index in [1.807, 2.05) is 6.07 Å². The van der Waals surface area contributed by atoms with Crippen LogP contribution in [-0.4, -0.2) is 19.6 Å². The van der Waals surface area contributed by atoms with Crippen LogP contribution in [0.5, 0.6) is 0 Å². The normalized spacial score (nSPS) is 11.8. The number of ether oxygens (including phenoxy) is 1. The van der Waals surface area contributed by atoms with E-state index in [1.165, 1.54) is 18.4 Å². The lowest BCUT2D eigenvalue weighted by Gasteiger charge is -2.09. The molecule has 1 heterocycles. The van der Waals surface area contributed by atoms with Crippen LogP contribution in [0.1, 0.15) is 16.4 Å². The van der Waals surface area contributed by atoms with Crippen molar-refractivity contribution in [2.45, 2.75) is 5.92 Å². The molecule has 0 bridgehead atoms. The molecule has 1 aromatic heterocycles. The fraction of sp³-hybridized carbons (Fsp3) is 0.333. The third kappa shape index (κ3) is 2.10. The standard InChI is InChI=1S/C9H10N2O2S/c1-13-9(12)7(4-11)8-2-6(3-10)5-14-8/h2,5,7H,4,11H2,1H3. The molecule has 14 heavy (non-hydrogen) atoms. The largest absolute Gasteiger partial charge is 0.468 e. The second-order valence-electron chi connectivity index (χ2n) is 2.66. The summed E-state index contributed by atoms with van der Waals surface area (Å²) in [7, 11) is 1.32. The van der Waals surface area contributed by atoms with E-state index in [1.54, 1.807) is 11.4 Å². The van der Waals surface area contributed by atoms with Gasteiger partial charge in [-0.2, -0.15) is 5.26 Å². The number of nitriles is 1. The van der Waals surface area contributed by atoms with Crippen LogP contribution in [0.2, 0.25) is 0 Å². The maximum Gasteiger partial charge on any atom is 0.315 e. The maximum atomic E-state index is 11.3. The second-order valence-corrected chi connectivity index (χ2v) is 3.60. The fourth-order valence-electron chi connectivity index (χ4n) is 1.06. The molecule has 0 aliphatic carbocycles. The zero-order valence-corrected chi connectivity index (χ0v) is 8.50. The Hall–Kier alpha value is -1.38. The minimum Gasteiger partial charge on any atom is -0.468 e. The average molecular weight is 210 g/mol. The number of methoxy groups -OCH3 is 1. The van der Waals surface area contributed by atoms with E-state index >= 15 is 0 Å². The minimum absolute atomic E-state index is 0.193. The SMILES string of the molecule is COC(=O)C(CN)c1cc(C#N)cs1. The first-order valence-electron chi connectivity index (χ1n) is 3.99. The van der Waals surface area contributed by atoms with Gasteiger partial charge in [-0.1, -0.05) is 0 Å². The van der Waals surface area contributed by atoms with Gasteiger partial charge in [0, 0.05) is 16.8 Å². The first-order valence-corrected chi connectivity index (χ1v) is 4.87. The Morgan fingerprint density at radius 2 is 2.57 bits per heavy atom. The number of nitrogens with two attached hydrogens (primary N) is 1. The van der Waals surface area contributed by atoms with E-state index in [2.05, 4.69) is 4.74 Å². The van der Waals surface area contributed by atoms with Crippen molar-refractivity contribution in [1.82, 2.24) is 0 Å². The molecular formula is C9H10N2O2S. The first kappa shape index (κ1) is 10.7. The van der Waals surface area contributed by atoms with Crippen LogP contribution in [0.4, 0.5) is 0 Å². The molecule has 0 fully saturated rings. The summed E-state index contributed by atoms with van der Waals surface area (Å²) in [5.41, 5.74) is 6.00. The number of carbonyl (C=O) groups is 1. The van der Waals surface area contributed by atoms with Crippen molar-refractivity contribution < 1.29 is 9.53 Å². The molecule has 1 rings (SSSR count). The lowest BCUT2D eigenvalue weighted by atomic mass is 10.1. The van der Waals surface area contributed by atoms with Gasteiger partial charge < -0.3 is 10.5 Å². The van der Waals surface area contributed by atoms with Crippen molar-refractivity contribution in [2.24, 2.45) is 5.73 Å². The van der Waals surface area contributed by atoms with Crippen LogP contribution < -0.4 is 5.73 Å². The molecule has 0 spiro atoms. The molecule has 5 heteroatoms. The summed E-state index contributed by atoms with van der Waals surface area (Å²) in [6, 6.07) is 3.67. The van der Waals surface area contributed by atoms with Gasteiger partial charge in [0.25, 0.3) is 0 Å². The number of esters is 1. The molecule has 0 saturated carbocycles. The highest BCUT2D eigenvalue weighted by molar-refractivity contribution is 7.10. The van der Waals surface area contributed by atoms with Crippen LogP contribution in [0.25, 0.3) is 0 Å². The summed E-state index contributed by atoms with van der Waals surface area (Å²) in [5.74, 6) is -0.814. The highest BCUT2D eigenvalue weighted by Crippen LogP contribution is 2.23. The summed E-state index contributed by atoms with van der Waals surface area (Å²) < 4.78 is 4.61. The predicted octanol–water partition coefficient (Wildman–Crippen LogP) is 0.835. The van der Waals surface area contributed by atoms with Crippen molar-refractivity contribution in [1.29, 1.82) is 5.26 Å². The fourth-order valence-corrected chi connectivity index (χ4v) is 2.00. The van der Waals surface area contributed by atoms with Gasteiger partial charge in [-0.3, -0.25) is 4.79 Å². The summed E-state index contributed by atoms with van der Waals surface area (Å²) in [5, 5.41) is 10.3. The topological polar surface area (TPSA) is 76.1 Å². The quantitative estimate of drug-likeness (QED) is 0.750. The van der Waals surface area contributed by atoms with Crippen LogP contribution in [0.3, 0.4) is 0 Å². The number of hydrogen-bond donors (Lipinski definition) is 1. The number of nitrogens with zero attached hydrogens (tertiary/aromatic N) is 1. The van der Waals surface area contributed by atoms with Crippen molar-refractivity contribution in [3.8, 4) is 6.07 Å². The molecule has 0 aliphatic heterocycles. The Bertz CT molecular complexity index is 367. The maximum absolute atomic E-state index is 11.3. The monoisotopic (exact) mass is 210 g/mol. The van der Waals surface area contributed by atoms with E-state index in [9.17, 15) is 4.79 Å². The van der Waals surface area contributed by atoms with Gasteiger partial charge in [0.05, 0.1) is 12.7 Å². The van der Waals surface area contributed by atoms with Crippen LogP contribution >= 0.6 is 11.3 Å². The Labute approximate surface area is 85.9 Å². The van der Waals surface area contributed by atoms with Crippen LogP contribution in [-0.2, 0) is 9.53 Å². The minimum atomic E-state index is -0.452. The summed E-state index contributed by atoms with van der Waals surface area (Å²) in [6.45, 7) is 0.193. The van der Waals surface area contributed by atoms with Crippen molar-refractivity contribution in [3.63, 3.8) is 0 Å². The third-order valence-corrected chi connectivity index (χ3v) is 2.86. The molecule has 1 atom stereocenters. The highest BCUT2D eigenvalue weighted by atomic mass is 32.1. The molecule has 1 unspecified atom stereocenters. The van der Waals surface area contributed by atoms with Crippen LogP contribution in [0.15, 0.2) is 11.4 Å².